The average molecular weight is 477 g/mol. The van der Waals surface area contributed by atoms with Gasteiger partial charge in [-0.15, -0.1) is 35.3 Å². The number of halogens is 1. The van der Waals surface area contributed by atoms with E-state index in [1.54, 1.807) is 0 Å². The Hall–Kier alpha value is -0.340. The lowest BCUT2D eigenvalue weighted by Crippen LogP contribution is -2.68. The maximum Gasteiger partial charge on any atom is 0.191 e. The van der Waals surface area contributed by atoms with Gasteiger partial charge in [0.25, 0.3) is 0 Å². The lowest BCUT2D eigenvalue weighted by atomic mass is 9.57. The van der Waals surface area contributed by atoms with Crippen molar-refractivity contribution in [2.24, 2.45) is 16.3 Å². The van der Waals surface area contributed by atoms with Crippen molar-refractivity contribution in [1.82, 2.24) is 10.6 Å². The summed E-state index contributed by atoms with van der Waals surface area (Å²) in [6, 6.07) is 5.24. The Morgan fingerprint density at radius 3 is 2.84 bits per heavy atom. The first-order valence-corrected chi connectivity index (χ1v) is 9.98. The van der Waals surface area contributed by atoms with Crippen LogP contribution in [0.3, 0.4) is 0 Å². The van der Waals surface area contributed by atoms with Crippen molar-refractivity contribution in [3.63, 3.8) is 0 Å². The largest absolute Gasteiger partial charge is 0.377 e. The molecule has 1 aliphatic heterocycles. The van der Waals surface area contributed by atoms with Crippen LogP contribution in [0.25, 0.3) is 0 Å². The zero-order valence-corrected chi connectivity index (χ0v) is 19.1. The van der Waals surface area contributed by atoms with E-state index in [0.29, 0.717) is 24.1 Å². The highest BCUT2D eigenvalue weighted by Gasteiger charge is 2.59. The molecule has 0 aromatic carbocycles. The Kier molecular flexibility index (Phi) is 7.18. The van der Waals surface area contributed by atoms with Gasteiger partial charge in [-0.05, 0) is 39.3 Å². The third kappa shape index (κ3) is 4.50. The van der Waals surface area contributed by atoms with Gasteiger partial charge in [0, 0.05) is 52.7 Å². The number of hydrogen-bond acceptors (Lipinski definition) is 3. The van der Waals surface area contributed by atoms with Crippen LogP contribution in [0.1, 0.15) is 43.9 Å². The Bertz CT molecular complexity index is 601. The Morgan fingerprint density at radius 2 is 2.20 bits per heavy atom. The third-order valence-corrected chi connectivity index (χ3v) is 6.42. The predicted molar refractivity (Wildman–Crippen MR) is 117 cm³/mol. The number of rotatable bonds is 5. The molecule has 0 bridgehead atoms. The molecular formula is C19H32IN3OS. The summed E-state index contributed by atoms with van der Waals surface area (Å²) in [6.45, 7) is 12.8. The smallest absolute Gasteiger partial charge is 0.191 e. The number of aliphatic imine (C=N–C) groups is 1. The van der Waals surface area contributed by atoms with Gasteiger partial charge in [-0.2, -0.15) is 0 Å². The van der Waals surface area contributed by atoms with Gasteiger partial charge in [0.2, 0.25) is 0 Å². The lowest BCUT2D eigenvalue weighted by molar-refractivity contribution is -0.106. The van der Waals surface area contributed by atoms with Gasteiger partial charge in [0.1, 0.15) is 0 Å². The maximum atomic E-state index is 5.90. The minimum atomic E-state index is 0. The van der Waals surface area contributed by atoms with E-state index in [1.165, 1.54) is 9.75 Å². The summed E-state index contributed by atoms with van der Waals surface area (Å²) >= 11 is 1.88. The van der Waals surface area contributed by atoms with Crippen LogP contribution in [-0.4, -0.2) is 37.3 Å². The van der Waals surface area contributed by atoms with Gasteiger partial charge in [-0.1, -0.05) is 13.8 Å². The van der Waals surface area contributed by atoms with Gasteiger partial charge < -0.3 is 15.4 Å². The molecule has 4 nitrogen and oxygen atoms in total. The Labute approximate surface area is 173 Å². The zero-order valence-electron chi connectivity index (χ0n) is 16.0. The molecule has 0 spiro atoms. The number of fused-ring (bicyclic) bond motifs is 1. The molecule has 6 heteroatoms. The average Bonchev–Trinajstić information content (AvgIpc) is 3.12. The minimum absolute atomic E-state index is 0. The van der Waals surface area contributed by atoms with Gasteiger partial charge >= 0.3 is 0 Å². The first-order valence-electron chi connectivity index (χ1n) is 9.16. The van der Waals surface area contributed by atoms with E-state index in [0.717, 1.165) is 32.0 Å². The molecule has 2 N–H and O–H groups in total. The van der Waals surface area contributed by atoms with E-state index in [2.05, 4.69) is 62.4 Å². The molecule has 2 heterocycles. The van der Waals surface area contributed by atoms with E-state index in [4.69, 9.17) is 4.74 Å². The highest BCUT2D eigenvalue weighted by Crippen LogP contribution is 2.52. The van der Waals surface area contributed by atoms with Crippen molar-refractivity contribution in [2.75, 3.05) is 13.2 Å². The van der Waals surface area contributed by atoms with Gasteiger partial charge in [-0.3, -0.25) is 4.99 Å². The SMILES string of the molecule is CCN=C(NC(C)Cc1ccc(C)s1)NC1C2CCOC2C1(C)C.I. The minimum Gasteiger partial charge on any atom is -0.377 e. The number of ether oxygens (including phenoxy) is 1. The molecule has 4 atom stereocenters. The van der Waals surface area contributed by atoms with Crippen LogP contribution in [0, 0.1) is 18.3 Å². The standard InChI is InChI=1S/C19H31N3OS.HI/c1-6-20-18(21-12(2)11-14-8-7-13(3)24-14)22-16-15-9-10-23-17(15)19(16,4)5;/h7-8,12,15-17H,6,9-11H2,1-5H3,(H2,20,21,22);1H. The van der Waals surface area contributed by atoms with Crippen molar-refractivity contribution >= 4 is 41.3 Å². The van der Waals surface area contributed by atoms with Crippen molar-refractivity contribution in [3.05, 3.63) is 21.9 Å². The Balaban J connectivity index is 0.00000225. The third-order valence-electron chi connectivity index (χ3n) is 5.40. The van der Waals surface area contributed by atoms with Crippen LogP contribution < -0.4 is 10.6 Å². The molecule has 1 aromatic heterocycles. The molecule has 1 aromatic rings. The molecule has 4 unspecified atom stereocenters. The van der Waals surface area contributed by atoms with Crippen molar-refractivity contribution in [3.8, 4) is 0 Å². The first-order chi connectivity index (χ1) is 11.4. The molecule has 0 amide bonds. The van der Waals surface area contributed by atoms with Crippen molar-refractivity contribution < 1.29 is 4.74 Å². The topological polar surface area (TPSA) is 45.7 Å². The number of thiophene rings is 1. The monoisotopic (exact) mass is 477 g/mol. The summed E-state index contributed by atoms with van der Waals surface area (Å²) in [7, 11) is 0. The molecule has 25 heavy (non-hydrogen) atoms. The molecular weight excluding hydrogens is 445 g/mol. The number of nitrogens with one attached hydrogen (secondary N) is 2. The molecule has 1 saturated carbocycles. The molecule has 142 valence electrons. The van der Waals surface area contributed by atoms with Crippen LogP contribution in [0.15, 0.2) is 17.1 Å². The van der Waals surface area contributed by atoms with Crippen LogP contribution in [-0.2, 0) is 11.2 Å². The normalized spacial score (nSPS) is 28.5. The van der Waals surface area contributed by atoms with Gasteiger partial charge in [-0.25, -0.2) is 0 Å². The highest BCUT2D eigenvalue weighted by molar-refractivity contribution is 14.0. The van der Waals surface area contributed by atoms with Gasteiger partial charge in [0.15, 0.2) is 5.96 Å². The van der Waals surface area contributed by atoms with E-state index >= 15 is 0 Å². The van der Waals surface area contributed by atoms with Crippen molar-refractivity contribution in [2.45, 2.75) is 65.6 Å². The zero-order chi connectivity index (χ0) is 17.3. The molecule has 0 radical (unpaired) electrons. The van der Waals surface area contributed by atoms with Crippen molar-refractivity contribution in [1.29, 1.82) is 0 Å². The van der Waals surface area contributed by atoms with E-state index in [1.807, 2.05) is 11.3 Å². The maximum absolute atomic E-state index is 5.90. The van der Waals surface area contributed by atoms with Crippen LogP contribution in [0.5, 0.6) is 0 Å². The second-order valence-electron chi connectivity index (χ2n) is 7.77. The fourth-order valence-electron chi connectivity index (χ4n) is 4.24. The van der Waals surface area contributed by atoms with Crippen LogP contribution in [0.2, 0.25) is 0 Å². The Morgan fingerprint density at radius 1 is 1.44 bits per heavy atom. The molecule has 1 aliphatic carbocycles. The fourth-order valence-corrected chi connectivity index (χ4v) is 5.26. The molecule has 2 aliphatic rings. The van der Waals surface area contributed by atoms with E-state index in [9.17, 15) is 0 Å². The van der Waals surface area contributed by atoms with Crippen LogP contribution >= 0.6 is 35.3 Å². The van der Waals surface area contributed by atoms with E-state index in [-0.39, 0.29) is 29.4 Å². The second kappa shape index (κ2) is 8.57. The second-order valence-corrected chi connectivity index (χ2v) is 9.14. The number of guanidine groups is 1. The molecule has 1 saturated heterocycles. The highest BCUT2D eigenvalue weighted by atomic mass is 127. The summed E-state index contributed by atoms with van der Waals surface area (Å²) in [6.07, 6.45) is 2.60. The fraction of sp³-hybridized carbons (Fsp3) is 0.737. The number of aryl methyl sites for hydroxylation is 1. The summed E-state index contributed by atoms with van der Waals surface area (Å²) in [5.41, 5.74) is 0.172. The van der Waals surface area contributed by atoms with E-state index < -0.39 is 0 Å². The number of nitrogens with zero attached hydrogens (tertiary/aromatic N) is 1. The quantitative estimate of drug-likeness (QED) is 0.383. The van der Waals surface area contributed by atoms with Crippen LogP contribution in [0.4, 0.5) is 0 Å². The molecule has 2 fully saturated rings. The summed E-state index contributed by atoms with van der Waals surface area (Å²) in [4.78, 5) is 7.47. The molecule has 3 rings (SSSR count). The summed E-state index contributed by atoms with van der Waals surface area (Å²) in [5, 5.41) is 7.30. The first kappa shape index (κ1) is 21.0. The lowest BCUT2D eigenvalue weighted by Gasteiger charge is -2.55. The summed E-state index contributed by atoms with van der Waals surface area (Å²) < 4.78 is 5.90. The van der Waals surface area contributed by atoms with Gasteiger partial charge in [0.05, 0.1) is 6.10 Å². The summed E-state index contributed by atoms with van der Waals surface area (Å²) in [5.74, 6) is 1.57. The number of hydrogen-bond donors (Lipinski definition) is 2. The predicted octanol–water partition coefficient (Wildman–Crippen LogP) is 3.97.